The molecule has 0 aliphatic carbocycles. The van der Waals surface area contributed by atoms with Gasteiger partial charge in [0.15, 0.2) is 0 Å². The lowest BCUT2D eigenvalue weighted by Crippen LogP contribution is -2.23. The van der Waals surface area contributed by atoms with Crippen LogP contribution >= 0.6 is 0 Å². The number of rotatable bonds is 5. The molecule has 8 heteroatoms. The second kappa shape index (κ2) is 7.02. The fourth-order valence-corrected chi connectivity index (χ4v) is 2.28. The van der Waals surface area contributed by atoms with Gasteiger partial charge in [0.05, 0.1) is 16.8 Å². The van der Waals surface area contributed by atoms with E-state index in [1.165, 1.54) is 0 Å². The number of hydrogen-bond acceptors (Lipinski definition) is 2. The van der Waals surface area contributed by atoms with Crippen molar-refractivity contribution in [3.63, 3.8) is 0 Å². The molecule has 2 aromatic rings. The third-order valence-electron chi connectivity index (χ3n) is 3.38. The molecule has 0 aliphatic heterocycles. The number of aromatic nitrogens is 2. The highest BCUT2D eigenvalue weighted by molar-refractivity contribution is 5.94. The van der Waals surface area contributed by atoms with Gasteiger partial charge in [-0.1, -0.05) is 6.92 Å². The third kappa shape index (κ3) is 4.33. The van der Waals surface area contributed by atoms with Gasteiger partial charge < -0.3 is 5.32 Å². The molecule has 0 atom stereocenters. The standard InChI is InChI=1S/C16H17F4N3O/c1-3-4-23-9-14(10(2)22-23)15(24)21-8-11-5-12(16(18,19)20)7-13(17)6-11/h5-7,9H,3-4,8H2,1-2H3,(H,21,24). The zero-order valence-corrected chi connectivity index (χ0v) is 13.2. The number of nitrogens with zero attached hydrogens (tertiary/aromatic N) is 2. The number of alkyl halides is 3. The first-order chi connectivity index (χ1) is 11.2. The Morgan fingerprint density at radius 2 is 2.00 bits per heavy atom. The van der Waals surface area contributed by atoms with Crippen LogP contribution in [0.15, 0.2) is 24.4 Å². The van der Waals surface area contributed by atoms with Gasteiger partial charge in [0.1, 0.15) is 5.82 Å². The third-order valence-corrected chi connectivity index (χ3v) is 3.38. The Balaban J connectivity index is 2.10. The van der Waals surface area contributed by atoms with Crippen LogP contribution in [0.3, 0.4) is 0 Å². The van der Waals surface area contributed by atoms with Gasteiger partial charge in [-0.3, -0.25) is 9.48 Å². The number of aryl methyl sites for hydroxylation is 2. The Morgan fingerprint density at radius 3 is 2.62 bits per heavy atom. The van der Waals surface area contributed by atoms with E-state index in [2.05, 4.69) is 10.4 Å². The molecule has 1 heterocycles. The van der Waals surface area contributed by atoms with Crippen molar-refractivity contribution in [3.8, 4) is 0 Å². The van der Waals surface area contributed by atoms with Gasteiger partial charge in [0.25, 0.3) is 5.91 Å². The largest absolute Gasteiger partial charge is 0.416 e. The second-order valence-corrected chi connectivity index (χ2v) is 5.42. The summed E-state index contributed by atoms with van der Waals surface area (Å²) in [6, 6.07) is 2.20. The number of hydrogen-bond donors (Lipinski definition) is 1. The molecule has 0 saturated heterocycles. The molecule has 0 radical (unpaired) electrons. The van der Waals surface area contributed by atoms with Gasteiger partial charge in [0, 0.05) is 19.3 Å². The van der Waals surface area contributed by atoms with E-state index in [4.69, 9.17) is 0 Å². The molecule has 0 aliphatic rings. The molecule has 0 spiro atoms. The van der Waals surface area contributed by atoms with Crippen molar-refractivity contribution in [2.75, 3.05) is 0 Å². The monoisotopic (exact) mass is 343 g/mol. The molecule has 0 fully saturated rings. The first-order valence-electron chi connectivity index (χ1n) is 7.39. The van der Waals surface area contributed by atoms with Crippen molar-refractivity contribution in [3.05, 3.63) is 52.6 Å². The predicted octanol–water partition coefficient (Wildman–Crippen LogP) is 3.69. The van der Waals surface area contributed by atoms with E-state index in [-0.39, 0.29) is 12.1 Å². The quantitative estimate of drug-likeness (QED) is 0.842. The van der Waals surface area contributed by atoms with Crippen LogP contribution < -0.4 is 5.32 Å². The number of benzene rings is 1. The van der Waals surface area contributed by atoms with Crippen LogP contribution in [0, 0.1) is 12.7 Å². The van der Waals surface area contributed by atoms with Gasteiger partial charge in [-0.2, -0.15) is 18.3 Å². The number of amides is 1. The first-order valence-corrected chi connectivity index (χ1v) is 7.39. The van der Waals surface area contributed by atoms with Gasteiger partial charge in [-0.05, 0) is 37.1 Å². The van der Waals surface area contributed by atoms with Crippen molar-refractivity contribution >= 4 is 5.91 Å². The molecule has 1 amide bonds. The predicted molar refractivity (Wildman–Crippen MR) is 79.8 cm³/mol. The highest BCUT2D eigenvalue weighted by atomic mass is 19.4. The summed E-state index contributed by atoms with van der Waals surface area (Å²) < 4.78 is 53.0. The van der Waals surface area contributed by atoms with E-state index in [9.17, 15) is 22.4 Å². The maximum absolute atomic E-state index is 13.3. The Morgan fingerprint density at radius 1 is 1.29 bits per heavy atom. The highest BCUT2D eigenvalue weighted by Gasteiger charge is 2.31. The van der Waals surface area contributed by atoms with Gasteiger partial charge in [-0.25, -0.2) is 4.39 Å². The SMILES string of the molecule is CCCn1cc(C(=O)NCc2cc(F)cc(C(F)(F)F)c2)c(C)n1. The second-order valence-electron chi connectivity index (χ2n) is 5.42. The lowest BCUT2D eigenvalue weighted by atomic mass is 10.1. The molecule has 0 saturated carbocycles. The van der Waals surface area contributed by atoms with E-state index in [1.807, 2.05) is 6.92 Å². The summed E-state index contributed by atoms with van der Waals surface area (Å²) in [6.07, 6.45) is -2.20. The molecule has 0 unspecified atom stereocenters. The minimum atomic E-state index is -4.64. The number of halogens is 4. The highest BCUT2D eigenvalue weighted by Crippen LogP contribution is 2.30. The minimum absolute atomic E-state index is 0.0364. The van der Waals surface area contributed by atoms with Crippen LogP contribution in [0.4, 0.5) is 17.6 Å². The smallest absolute Gasteiger partial charge is 0.348 e. The van der Waals surface area contributed by atoms with Crippen LogP contribution in [-0.2, 0) is 19.3 Å². The number of nitrogens with one attached hydrogen (secondary N) is 1. The molecular formula is C16H17F4N3O. The summed E-state index contributed by atoms with van der Waals surface area (Å²) in [5.74, 6) is -1.46. The number of carbonyl (C=O) groups excluding carboxylic acids is 1. The molecular weight excluding hydrogens is 326 g/mol. The van der Waals surface area contributed by atoms with Crippen LogP contribution in [-0.4, -0.2) is 15.7 Å². The van der Waals surface area contributed by atoms with Crippen molar-refractivity contribution in [2.24, 2.45) is 0 Å². The number of carbonyl (C=O) groups is 1. The fourth-order valence-electron chi connectivity index (χ4n) is 2.28. The average Bonchev–Trinajstić information content (AvgIpc) is 2.84. The van der Waals surface area contributed by atoms with Crippen LogP contribution in [0.5, 0.6) is 0 Å². The van der Waals surface area contributed by atoms with Crippen LogP contribution in [0.2, 0.25) is 0 Å². The van der Waals surface area contributed by atoms with Crippen molar-refractivity contribution in [2.45, 2.75) is 39.5 Å². The molecule has 130 valence electrons. The maximum Gasteiger partial charge on any atom is 0.416 e. The van der Waals surface area contributed by atoms with Gasteiger partial charge >= 0.3 is 6.18 Å². The summed E-state index contributed by atoms with van der Waals surface area (Å²) in [6.45, 7) is 4.09. The molecule has 2 rings (SSSR count). The van der Waals surface area contributed by atoms with Gasteiger partial charge in [0.2, 0.25) is 0 Å². The fraction of sp³-hybridized carbons (Fsp3) is 0.375. The van der Waals surface area contributed by atoms with Crippen molar-refractivity contribution < 1.29 is 22.4 Å². The average molecular weight is 343 g/mol. The lowest BCUT2D eigenvalue weighted by Gasteiger charge is -2.10. The van der Waals surface area contributed by atoms with Crippen molar-refractivity contribution in [1.82, 2.24) is 15.1 Å². The summed E-state index contributed by atoms with van der Waals surface area (Å²) in [4.78, 5) is 12.1. The Labute approximate surface area is 136 Å². The zero-order valence-electron chi connectivity index (χ0n) is 13.2. The van der Waals surface area contributed by atoms with Crippen molar-refractivity contribution in [1.29, 1.82) is 0 Å². The Bertz CT molecular complexity index is 737. The minimum Gasteiger partial charge on any atom is -0.348 e. The van der Waals surface area contributed by atoms with Gasteiger partial charge in [-0.15, -0.1) is 0 Å². The molecule has 0 bridgehead atoms. The summed E-state index contributed by atoms with van der Waals surface area (Å²) in [5, 5.41) is 6.68. The summed E-state index contributed by atoms with van der Waals surface area (Å²) >= 11 is 0. The topological polar surface area (TPSA) is 46.9 Å². The van der Waals surface area contributed by atoms with E-state index < -0.39 is 23.5 Å². The summed E-state index contributed by atoms with van der Waals surface area (Å²) in [7, 11) is 0. The van der Waals surface area contributed by atoms with E-state index in [0.29, 0.717) is 23.9 Å². The van der Waals surface area contributed by atoms with Crippen LogP contribution in [0.1, 0.15) is 40.5 Å². The molecule has 24 heavy (non-hydrogen) atoms. The molecule has 1 N–H and O–H groups in total. The van der Waals surface area contributed by atoms with E-state index >= 15 is 0 Å². The Hall–Kier alpha value is -2.38. The molecule has 4 nitrogen and oxygen atoms in total. The lowest BCUT2D eigenvalue weighted by molar-refractivity contribution is -0.137. The molecule has 1 aromatic carbocycles. The van der Waals surface area contributed by atoms with E-state index in [0.717, 1.165) is 18.6 Å². The first kappa shape index (κ1) is 18.0. The maximum atomic E-state index is 13.3. The van der Waals surface area contributed by atoms with Crippen LogP contribution in [0.25, 0.3) is 0 Å². The van der Waals surface area contributed by atoms with E-state index in [1.54, 1.807) is 17.8 Å². The normalized spacial score (nSPS) is 11.6. The Kier molecular flexibility index (Phi) is 5.26. The molecule has 1 aromatic heterocycles. The zero-order chi connectivity index (χ0) is 17.9. The summed E-state index contributed by atoms with van der Waals surface area (Å²) in [5.41, 5.74) is -0.181.